The molecular formula is C11H23BrO2Si. The summed E-state index contributed by atoms with van der Waals surface area (Å²) < 4.78 is 6.85. The van der Waals surface area contributed by atoms with E-state index in [2.05, 4.69) is 49.8 Å². The second-order valence-corrected chi connectivity index (χ2v) is 11.2. The lowest BCUT2D eigenvalue weighted by molar-refractivity contribution is 0.310. The summed E-state index contributed by atoms with van der Waals surface area (Å²) in [6, 6.07) is 0. The topological polar surface area (TPSA) is 29.5 Å². The fourth-order valence-electron chi connectivity index (χ4n) is 0.718. The molecule has 0 unspecified atom stereocenters. The molecule has 0 amide bonds. The van der Waals surface area contributed by atoms with Crippen molar-refractivity contribution in [1.82, 2.24) is 0 Å². The predicted octanol–water partition coefficient (Wildman–Crippen LogP) is 3.67. The van der Waals surface area contributed by atoms with Crippen molar-refractivity contribution in [3.63, 3.8) is 0 Å². The highest BCUT2D eigenvalue weighted by Gasteiger charge is 2.37. The minimum atomic E-state index is -1.66. The molecule has 0 fully saturated rings. The van der Waals surface area contributed by atoms with Crippen molar-refractivity contribution in [2.24, 2.45) is 0 Å². The van der Waals surface area contributed by atoms with Crippen LogP contribution in [-0.2, 0) is 4.43 Å². The first kappa shape index (κ1) is 15.4. The zero-order valence-corrected chi connectivity index (χ0v) is 13.2. The SMILES string of the molecule is C/C(CO[Si](C)(C)C(C)(C)C)=C(\Br)CO. The Balaban J connectivity index is 4.41. The van der Waals surface area contributed by atoms with Gasteiger partial charge >= 0.3 is 0 Å². The van der Waals surface area contributed by atoms with Crippen LogP contribution in [0.2, 0.25) is 18.1 Å². The maximum absolute atomic E-state index is 8.95. The summed E-state index contributed by atoms with van der Waals surface area (Å²) in [5.41, 5.74) is 1.07. The Bertz CT molecular complexity index is 241. The molecule has 15 heavy (non-hydrogen) atoms. The zero-order chi connectivity index (χ0) is 12.3. The standard InChI is InChI=1S/C11H23BrO2Si/c1-9(10(12)7-13)8-14-15(5,6)11(2,3)4/h13H,7-8H2,1-6H3/b10-9+. The van der Waals surface area contributed by atoms with Crippen LogP contribution in [0.25, 0.3) is 0 Å². The van der Waals surface area contributed by atoms with Crippen LogP contribution in [0, 0.1) is 0 Å². The molecule has 0 bridgehead atoms. The van der Waals surface area contributed by atoms with E-state index < -0.39 is 8.32 Å². The van der Waals surface area contributed by atoms with Crippen molar-refractivity contribution >= 4 is 24.2 Å². The largest absolute Gasteiger partial charge is 0.413 e. The summed E-state index contributed by atoms with van der Waals surface area (Å²) >= 11 is 3.33. The summed E-state index contributed by atoms with van der Waals surface area (Å²) in [6.07, 6.45) is 0. The van der Waals surface area contributed by atoms with Gasteiger partial charge in [0, 0.05) is 4.48 Å². The number of aliphatic hydroxyl groups is 1. The van der Waals surface area contributed by atoms with Crippen molar-refractivity contribution in [2.45, 2.75) is 45.8 Å². The molecule has 4 heteroatoms. The van der Waals surface area contributed by atoms with Gasteiger partial charge < -0.3 is 9.53 Å². The van der Waals surface area contributed by atoms with E-state index in [-0.39, 0.29) is 11.6 Å². The maximum atomic E-state index is 8.95. The molecule has 0 aromatic rings. The van der Waals surface area contributed by atoms with Crippen molar-refractivity contribution in [3.8, 4) is 0 Å². The first-order valence-corrected chi connectivity index (χ1v) is 8.91. The van der Waals surface area contributed by atoms with Gasteiger partial charge in [0.05, 0.1) is 13.2 Å². The molecule has 0 aliphatic heterocycles. The molecule has 90 valence electrons. The van der Waals surface area contributed by atoms with Gasteiger partial charge in [-0.3, -0.25) is 0 Å². The van der Waals surface area contributed by atoms with Crippen LogP contribution >= 0.6 is 15.9 Å². The number of halogens is 1. The van der Waals surface area contributed by atoms with Crippen molar-refractivity contribution in [3.05, 3.63) is 10.1 Å². The van der Waals surface area contributed by atoms with Crippen molar-refractivity contribution in [1.29, 1.82) is 0 Å². The van der Waals surface area contributed by atoms with E-state index in [4.69, 9.17) is 9.53 Å². The molecule has 0 saturated heterocycles. The van der Waals surface area contributed by atoms with Gasteiger partial charge in [-0.2, -0.15) is 0 Å². The molecule has 0 aliphatic carbocycles. The minimum Gasteiger partial charge on any atom is -0.413 e. The molecular weight excluding hydrogens is 272 g/mol. The third-order valence-corrected chi connectivity index (χ3v) is 8.46. The lowest BCUT2D eigenvalue weighted by Crippen LogP contribution is -2.41. The van der Waals surface area contributed by atoms with E-state index in [1.54, 1.807) is 0 Å². The number of aliphatic hydroxyl groups excluding tert-OH is 1. The third kappa shape index (κ3) is 4.81. The van der Waals surface area contributed by atoms with Gasteiger partial charge in [-0.05, 0) is 30.6 Å². The van der Waals surface area contributed by atoms with Crippen LogP contribution in [0.1, 0.15) is 27.7 Å². The molecule has 0 aliphatic rings. The van der Waals surface area contributed by atoms with E-state index in [1.807, 2.05) is 6.92 Å². The fourth-order valence-corrected chi connectivity index (χ4v) is 1.84. The minimum absolute atomic E-state index is 0.0483. The van der Waals surface area contributed by atoms with Crippen LogP contribution in [-0.4, -0.2) is 26.6 Å². The second kappa shape index (κ2) is 5.62. The van der Waals surface area contributed by atoms with Crippen molar-refractivity contribution in [2.75, 3.05) is 13.2 Å². The molecule has 2 nitrogen and oxygen atoms in total. The van der Waals surface area contributed by atoms with E-state index in [9.17, 15) is 0 Å². The molecule has 0 saturated carbocycles. The normalized spacial score (nSPS) is 15.2. The molecule has 0 heterocycles. The summed E-state index contributed by atoms with van der Waals surface area (Å²) in [6.45, 7) is 13.8. The Labute approximate surface area is 103 Å². The van der Waals surface area contributed by atoms with Gasteiger partial charge in [-0.1, -0.05) is 36.7 Å². The highest BCUT2D eigenvalue weighted by atomic mass is 79.9. The smallest absolute Gasteiger partial charge is 0.192 e. The van der Waals surface area contributed by atoms with E-state index in [0.29, 0.717) is 6.61 Å². The first-order chi connectivity index (χ1) is 6.62. The van der Waals surface area contributed by atoms with Crippen LogP contribution in [0.3, 0.4) is 0 Å². The third-order valence-electron chi connectivity index (χ3n) is 3.06. The summed E-state index contributed by atoms with van der Waals surface area (Å²) in [5, 5.41) is 9.18. The maximum Gasteiger partial charge on any atom is 0.192 e. The average molecular weight is 295 g/mol. The lowest BCUT2D eigenvalue weighted by Gasteiger charge is -2.36. The Morgan fingerprint density at radius 1 is 1.33 bits per heavy atom. The molecule has 0 aromatic carbocycles. The summed E-state index contributed by atoms with van der Waals surface area (Å²) in [7, 11) is -1.66. The Hall–Kier alpha value is 0.357. The molecule has 0 atom stereocenters. The highest BCUT2D eigenvalue weighted by molar-refractivity contribution is 9.11. The summed E-state index contributed by atoms with van der Waals surface area (Å²) in [5.74, 6) is 0. The van der Waals surface area contributed by atoms with Gasteiger partial charge in [-0.15, -0.1) is 0 Å². The van der Waals surface area contributed by atoms with Crippen LogP contribution < -0.4 is 0 Å². The average Bonchev–Trinajstić information content (AvgIpc) is 2.11. The zero-order valence-electron chi connectivity index (χ0n) is 10.6. The molecule has 0 radical (unpaired) electrons. The number of hydrogen-bond acceptors (Lipinski definition) is 2. The fraction of sp³-hybridized carbons (Fsp3) is 0.818. The molecule has 0 rings (SSSR count). The molecule has 1 N–H and O–H groups in total. The Kier molecular flexibility index (Phi) is 5.75. The van der Waals surface area contributed by atoms with Crippen LogP contribution in [0.15, 0.2) is 10.1 Å². The van der Waals surface area contributed by atoms with Gasteiger partial charge in [0.2, 0.25) is 0 Å². The molecule has 0 aromatic heterocycles. The Morgan fingerprint density at radius 2 is 1.80 bits per heavy atom. The van der Waals surface area contributed by atoms with E-state index >= 15 is 0 Å². The number of hydrogen-bond donors (Lipinski definition) is 1. The monoisotopic (exact) mass is 294 g/mol. The second-order valence-electron chi connectivity index (χ2n) is 5.39. The van der Waals surface area contributed by atoms with Gasteiger partial charge in [0.15, 0.2) is 8.32 Å². The lowest BCUT2D eigenvalue weighted by atomic mass is 10.2. The van der Waals surface area contributed by atoms with E-state index in [1.165, 1.54) is 0 Å². The predicted molar refractivity (Wildman–Crippen MR) is 71.9 cm³/mol. The Morgan fingerprint density at radius 3 is 2.13 bits per heavy atom. The first-order valence-electron chi connectivity index (χ1n) is 5.21. The van der Waals surface area contributed by atoms with E-state index in [0.717, 1.165) is 10.1 Å². The van der Waals surface area contributed by atoms with Gasteiger partial charge in [-0.25, -0.2) is 0 Å². The van der Waals surface area contributed by atoms with Crippen LogP contribution in [0.4, 0.5) is 0 Å². The van der Waals surface area contributed by atoms with Crippen molar-refractivity contribution < 1.29 is 9.53 Å². The molecule has 0 spiro atoms. The van der Waals surface area contributed by atoms with Crippen LogP contribution in [0.5, 0.6) is 0 Å². The van der Waals surface area contributed by atoms with Gasteiger partial charge in [0.25, 0.3) is 0 Å². The summed E-state index contributed by atoms with van der Waals surface area (Å²) in [4.78, 5) is 0. The quantitative estimate of drug-likeness (QED) is 0.802. The highest BCUT2D eigenvalue weighted by Crippen LogP contribution is 2.36. The van der Waals surface area contributed by atoms with Gasteiger partial charge in [0.1, 0.15) is 0 Å². The number of rotatable bonds is 4.